The van der Waals surface area contributed by atoms with Crippen LogP contribution in [0.4, 0.5) is 5.69 Å². The number of halogens is 1. The Morgan fingerprint density at radius 2 is 1.91 bits per heavy atom. The molecule has 4 rings (SSSR count). The van der Waals surface area contributed by atoms with Gasteiger partial charge in [0.1, 0.15) is 6.61 Å². The van der Waals surface area contributed by atoms with Crippen molar-refractivity contribution < 1.29 is 23.9 Å². The number of carbonyl (C=O) groups is 1. The quantitative estimate of drug-likeness (QED) is 0.109. The zero-order chi connectivity index (χ0) is 24.9. The number of ether oxygens (including phenoxy) is 3. The normalized spacial score (nSPS) is 14.0. The molecule has 0 fully saturated rings. The van der Waals surface area contributed by atoms with E-state index in [1.54, 1.807) is 36.4 Å². The van der Waals surface area contributed by atoms with E-state index in [2.05, 4.69) is 27.6 Å². The molecule has 9 heteroatoms. The van der Waals surface area contributed by atoms with Crippen molar-refractivity contribution in [1.29, 1.82) is 0 Å². The number of esters is 1. The number of benzene rings is 3. The highest BCUT2D eigenvalue weighted by Crippen LogP contribution is 2.31. The first-order chi connectivity index (χ1) is 16.8. The number of aliphatic imine (C=N–C) groups is 1. The van der Waals surface area contributed by atoms with Gasteiger partial charge in [-0.25, -0.2) is 9.79 Å². The molecular weight excluding hydrogens is 563 g/mol. The maximum absolute atomic E-state index is 12.4. The molecule has 0 saturated heterocycles. The van der Waals surface area contributed by atoms with Gasteiger partial charge in [-0.3, -0.25) is 10.1 Å². The number of nitro benzene ring substituents is 1. The van der Waals surface area contributed by atoms with Gasteiger partial charge in [0, 0.05) is 21.3 Å². The number of hydrogen-bond donors (Lipinski definition) is 0. The van der Waals surface area contributed by atoms with Crippen molar-refractivity contribution in [3.8, 4) is 11.5 Å². The second kappa shape index (κ2) is 10.7. The van der Waals surface area contributed by atoms with Crippen molar-refractivity contribution in [2.45, 2.75) is 20.5 Å². The van der Waals surface area contributed by atoms with Crippen molar-refractivity contribution in [2.24, 2.45) is 4.99 Å². The summed E-state index contributed by atoms with van der Waals surface area (Å²) < 4.78 is 18.1. The first-order valence-electron chi connectivity index (χ1n) is 10.8. The zero-order valence-electron chi connectivity index (χ0n) is 19.0. The molecule has 0 saturated carbocycles. The number of carbonyl (C=O) groups excluding carboxylic acids is 1. The van der Waals surface area contributed by atoms with E-state index < -0.39 is 10.9 Å². The van der Waals surface area contributed by atoms with E-state index in [-0.39, 0.29) is 23.9 Å². The monoisotopic (exact) mass is 584 g/mol. The summed E-state index contributed by atoms with van der Waals surface area (Å²) in [5, 5.41) is 11.0. The highest BCUT2D eigenvalue weighted by molar-refractivity contribution is 14.1. The molecule has 0 amide bonds. The van der Waals surface area contributed by atoms with Crippen LogP contribution >= 0.6 is 22.6 Å². The van der Waals surface area contributed by atoms with Crippen LogP contribution in [0.1, 0.15) is 29.2 Å². The maximum atomic E-state index is 12.4. The maximum Gasteiger partial charge on any atom is 0.363 e. The first kappa shape index (κ1) is 24.4. The Hall–Kier alpha value is -3.73. The predicted octanol–water partition coefficient (Wildman–Crippen LogP) is 5.83. The molecule has 1 heterocycles. The van der Waals surface area contributed by atoms with Crippen LogP contribution in [0.5, 0.6) is 11.5 Å². The highest BCUT2D eigenvalue weighted by Gasteiger charge is 2.24. The second-order valence-electron chi connectivity index (χ2n) is 7.65. The molecule has 8 nitrogen and oxygen atoms in total. The zero-order valence-corrected chi connectivity index (χ0v) is 21.1. The molecule has 0 bridgehead atoms. The minimum absolute atomic E-state index is 0.00174. The molecule has 0 aliphatic carbocycles. The smallest absolute Gasteiger partial charge is 0.363 e. The molecule has 0 spiro atoms. The van der Waals surface area contributed by atoms with Gasteiger partial charge in [0.2, 0.25) is 5.90 Å². The summed E-state index contributed by atoms with van der Waals surface area (Å²) in [4.78, 5) is 27.3. The number of nitrogens with zero attached hydrogens (tertiary/aromatic N) is 2. The largest absolute Gasteiger partial charge is 0.490 e. The van der Waals surface area contributed by atoms with Gasteiger partial charge in [0.05, 0.1) is 11.5 Å². The third kappa shape index (κ3) is 5.86. The Labute approximate surface area is 215 Å². The highest BCUT2D eigenvalue weighted by atomic mass is 127. The Bertz CT molecular complexity index is 1370. The Kier molecular flexibility index (Phi) is 7.45. The lowest BCUT2D eigenvalue weighted by atomic mass is 10.1. The first-order valence-corrected chi connectivity index (χ1v) is 11.8. The standard InChI is InChI=1S/C26H21IN2O6/c1-3-33-24-14-17(7-10-23(24)34-15-18-5-4-6-20(12-18)29(31)32)13-22-26(30)35-25(28-22)19-8-9-21(27)16(2)11-19/h4-14H,3,15H2,1-2H3/b22-13-. The summed E-state index contributed by atoms with van der Waals surface area (Å²) in [5.41, 5.74) is 3.34. The topological polar surface area (TPSA) is 100 Å². The number of cyclic esters (lactones) is 1. The van der Waals surface area contributed by atoms with Crippen LogP contribution in [0.25, 0.3) is 6.08 Å². The van der Waals surface area contributed by atoms with Crippen LogP contribution in [0.2, 0.25) is 0 Å². The summed E-state index contributed by atoms with van der Waals surface area (Å²) in [7, 11) is 0. The Morgan fingerprint density at radius 1 is 1.09 bits per heavy atom. The van der Waals surface area contributed by atoms with Crippen LogP contribution in [-0.2, 0) is 16.1 Å². The average Bonchev–Trinajstić information content (AvgIpc) is 3.20. The van der Waals surface area contributed by atoms with Crippen LogP contribution < -0.4 is 9.47 Å². The molecule has 0 aromatic heterocycles. The van der Waals surface area contributed by atoms with Crippen LogP contribution in [0.3, 0.4) is 0 Å². The van der Waals surface area contributed by atoms with Gasteiger partial charge in [0.25, 0.3) is 5.69 Å². The average molecular weight is 584 g/mol. The van der Waals surface area contributed by atoms with E-state index in [1.165, 1.54) is 12.1 Å². The van der Waals surface area contributed by atoms with Crippen molar-refractivity contribution in [3.05, 3.63) is 102 Å². The molecule has 0 atom stereocenters. The van der Waals surface area contributed by atoms with Gasteiger partial charge in [-0.15, -0.1) is 0 Å². The number of rotatable bonds is 8. The minimum atomic E-state index is -0.528. The fourth-order valence-corrected chi connectivity index (χ4v) is 3.73. The van der Waals surface area contributed by atoms with Gasteiger partial charge < -0.3 is 14.2 Å². The van der Waals surface area contributed by atoms with E-state index in [9.17, 15) is 14.9 Å². The van der Waals surface area contributed by atoms with Gasteiger partial charge >= 0.3 is 5.97 Å². The number of nitro groups is 1. The predicted molar refractivity (Wildman–Crippen MR) is 140 cm³/mol. The number of hydrogen-bond acceptors (Lipinski definition) is 7. The lowest BCUT2D eigenvalue weighted by molar-refractivity contribution is -0.384. The lowest BCUT2D eigenvalue weighted by Gasteiger charge is -2.13. The van der Waals surface area contributed by atoms with Crippen molar-refractivity contribution in [1.82, 2.24) is 0 Å². The van der Waals surface area contributed by atoms with Crippen LogP contribution in [0, 0.1) is 20.6 Å². The molecule has 178 valence electrons. The third-order valence-corrected chi connectivity index (χ3v) is 6.32. The molecule has 3 aromatic carbocycles. The summed E-state index contributed by atoms with van der Waals surface area (Å²) in [6, 6.07) is 17.2. The molecule has 0 N–H and O–H groups in total. The van der Waals surface area contributed by atoms with Crippen molar-refractivity contribution in [2.75, 3.05) is 6.61 Å². The van der Waals surface area contributed by atoms with Gasteiger partial charge in [-0.2, -0.15) is 0 Å². The van der Waals surface area contributed by atoms with E-state index in [0.717, 1.165) is 14.7 Å². The third-order valence-electron chi connectivity index (χ3n) is 5.11. The molecule has 3 aromatic rings. The lowest BCUT2D eigenvalue weighted by Crippen LogP contribution is -2.05. The second-order valence-corrected chi connectivity index (χ2v) is 8.82. The summed E-state index contributed by atoms with van der Waals surface area (Å²) in [5.74, 6) is 0.701. The number of non-ortho nitro benzene ring substituents is 1. The van der Waals surface area contributed by atoms with E-state index in [1.807, 2.05) is 32.0 Å². The molecule has 0 unspecified atom stereocenters. The minimum Gasteiger partial charge on any atom is -0.490 e. The van der Waals surface area contributed by atoms with Crippen molar-refractivity contribution >= 4 is 46.2 Å². The van der Waals surface area contributed by atoms with Crippen molar-refractivity contribution in [3.63, 3.8) is 0 Å². The van der Waals surface area contributed by atoms with E-state index in [4.69, 9.17) is 14.2 Å². The van der Waals surface area contributed by atoms with Gasteiger partial charge in [-0.1, -0.05) is 18.2 Å². The molecule has 1 aliphatic heterocycles. The Balaban J connectivity index is 1.55. The van der Waals surface area contributed by atoms with Gasteiger partial charge in [0.15, 0.2) is 17.2 Å². The van der Waals surface area contributed by atoms with Gasteiger partial charge in [-0.05, 0) is 89.5 Å². The summed E-state index contributed by atoms with van der Waals surface area (Å²) in [6.45, 7) is 4.38. The molecular formula is C26H21IN2O6. The van der Waals surface area contributed by atoms with E-state index >= 15 is 0 Å². The van der Waals surface area contributed by atoms with E-state index in [0.29, 0.717) is 29.2 Å². The Morgan fingerprint density at radius 3 is 2.66 bits per heavy atom. The summed E-state index contributed by atoms with van der Waals surface area (Å²) >= 11 is 2.24. The fourth-order valence-electron chi connectivity index (χ4n) is 3.39. The molecule has 35 heavy (non-hydrogen) atoms. The van der Waals surface area contributed by atoms with Crippen LogP contribution in [0.15, 0.2) is 71.4 Å². The van der Waals surface area contributed by atoms with Crippen LogP contribution in [-0.4, -0.2) is 23.4 Å². The molecule has 0 radical (unpaired) electrons. The summed E-state index contributed by atoms with van der Waals surface area (Å²) in [6.07, 6.45) is 1.63. The number of aryl methyl sites for hydroxylation is 1. The fraction of sp³-hybridized carbons (Fsp3) is 0.154. The molecule has 1 aliphatic rings. The SMILES string of the molecule is CCOc1cc(/C=C2\N=C(c3ccc(I)c(C)c3)OC2=O)ccc1OCc1cccc([N+](=O)[O-])c1.